The summed E-state index contributed by atoms with van der Waals surface area (Å²) in [6, 6.07) is 16.7. The molecule has 26 heavy (non-hydrogen) atoms. The van der Waals surface area contributed by atoms with Crippen LogP contribution in [0, 0.1) is 6.92 Å². The van der Waals surface area contributed by atoms with E-state index in [0.717, 1.165) is 10.9 Å². The number of fused-ring (bicyclic) bond motifs is 1. The van der Waals surface area contributed by atoms with Crippen molar-refractivity contribution in [2.45, 2.75) is 34.6 Å². The van der Waals surface area contributed by atoms with Gasteiger partial charge in [-0.05, 0) is 30.2 Å². The standard InChI is InChI=1S/C19H14O3.2C2H6/c1-13-15-9-5-6-10-17(15)22-19(21)18(13)16(20)12-11-14-7-3-2-4-8-14;2*1-2/h2-12H,1H3;2*1-2H3/b12-11+;;. The molecule has 0 bridgehead atoms. The molecular weight excluding hydrogens is 324 g/mol. The van der Waals surface area contributed by atoms with E-state index in [4.69, 9.17) is 4.42 Å². The molecule has 0 unspecified atom stereocenters. The fourth-order valence-corrected chi connectivity index (χ4v) is 2.41. The Labute approximate surface area is 155 Å². The van der Waals surface area contributed by atoms with Gasteiger partial charge in [0.15, 0.2) is 5.78 Å². The van der Waals surface area contributed by atoms with Crippen LogP contribution in [-0.4, -0.2) is 5.78 Å². The summed E-state index contributed by atoms with van der Waals surface area (Å²) in [6.45, 7) is 9.77. The smallest absolute Gasteiger partial charge is 0.347 e. The van der Waals surface area contributed by atoms with E-state index in [0.29, 0.717) is 11.1 Å². The monoisotopic (exact) mass is 350 g/mol. The van der Waals surface area contributed by atoms with Crippen LogP contribution in [0.1, 0.15) is 49.2 Å². The van der Waals surface area contributed by atoms with E-state index < -0.39 is 5.63 Å². The molecule has 0 aliphatic carbocycles. The summed E-state index contributed by atoms with van der Waals surface area (Å²) in [5.41, 5.74) is 1.53. The molecule has 3 heteroatoms. The molecule has 1 heterocycles. The second-order valence-electron chi connectivity index (χ2n) is 4.99. The number of benzene rings is 2. The van der Waals surface area contributed by atoms with Crippen molar-refractivity contribution in [2.24, 2.45) is 0 Å². The molecule has 0 radical (unpaired) electrons. The van der Waals surface area contributed by atoms with Crippen LogP contribution < -0.4 is 5.63 Å². The molecule has 1 aromatic heterocycles. The third-order valence-corrected chi connectivity index (χ3v) is 3.55. The number of aryl methyl sites for hydroxylation is 1. The van der Waals surface area contributed by atoms with Gasteiger partial charge in [0.2, 0.25) is 0 Å². The maximum Gasteiger partial charge on any atom is 0.347 e. The molecule has 0 atom stereocenters. The normalized spacial score (nSPS) is 9.88. The number of ketones is 1. The Kier molecular flexibility index (Phi) is 8.79. The quantitative estimate of drug-likeness (QED) is 0.328. The van der Waals surface area contributed by atoms with Crippen LogP contribution in [0.15, 0.2) is 69.9 Å². The Morgan fingerprint density at radius 2 is 1.46 bits per heavy atom. The van der Waals surface area contributed by atoms with Crippen molar-refractivity contribution in [3.8, 4) is 0 Å². The van der Waals surface area contributed by atoms with Gasteiger partial charge < -0.3 is 4.42 Å². The summed E-state index contributed by atoms with van der Waals surface area (Å²) in [4.78, 5) is 24.4. The highest BCUT2D eigenvalue weighted by atomic mass is 16.4. The van der Waals surface area contributed by atoms with E-state index in [9.17, 15) is 9.59 Å². The Morgan fingerprint density at radius 3 is 2.12 bits per heavy atom. The average Bonchev–Trinajstić information content (AvgIpc) is 2.70. The first-order valence-corrected chi connectivity index (χ1v) is 8.97. The first-order chi connectivity index (χ1) is 12.7. The van der Waals surface area contributed by atoms with Gasteiger partial charge in [-0.25, -0.2) is 4.79 Å². The number of carbonyl (C=O) groups is 1. The minimum absolute atomic E-state index is 0.0888. The Morgan fingerprint density at radius 1 is 0.885 bits per heavy atom. The molecule has 0 saturated carbocycles. The van der Waals surface area contributed by atoms with E-state index in [1.807, 2.05) is 70.2 Å². The van der Waals surface area contributed by atoms with Gasteiger partial charge in [-0.1, -0.05) is 82.3 Å². The van der Waals surface area contributed by atoms with Crippen molar-refractivity contribution in [3.63, 3.8) is 0 Å². The Bertz CT molecular complexity index is 919. The molecule has 0 N–H and O–H groups in total. The second kappa shape index (κ2) is 10.8. The van der Waals surface area contributed by atoms with Crippen LogP contribution >= 0.6 is 0 Å². The van der Waals surface area contributed by atoms with Crippen molar-refractivity contribution >= 4 is 22.8 Å². The fourth-order valence-electron chi connectivity index (χ4n) is 2.41. The molecule has 136 valence electrons. The lowest BCUT2D eigenvalue weighted by molar-refractivity contribution is 0.104. The van der Waals surface area contributed by atoms with Crippen LogP contribution in [0.25, 0.3) is 17.0 Å². The SMILES string of the molecule is CC.CC.Cc1c(C(=O)/C=C/c2ccccc2)c(=O)oc2ccccc12. The van der Waals surface area contributed by atoms with E-state index in [-0.39, 0.29) is 11.3 Å². The minimum Gasteiger partial charge on any atom is -0.422 e. The molecule has 3 aromatic rings. The molecule has 3 rings (SSSR count). The van der Waals surface area contributed by atoms with Crippen LogP contribution in [-0.2, 0) is 0 Å². The summed E-state index contributed by atoms with van der Waals surface area (Å²) < 4.78 is 5.24. The topological polar surface area (TPSA) is 47.3 Å². The largest absolute Gasteiger partial charge is 0.422 e. The predicted molar refractivity (Wildman–Crippen MR) is 110 cm³/mol. The molecule has 0 amide bonds. The number of rotatable bonds is 3. The van der Waals surface area contributed by atoms with Gasteiger partial charge in [0.25, 0.3) is 0 Å². The summed E-state index contributed by atoms with van der Waals surface area (Å²) >= 11 is 0. The highest BCUT2D eigenvalue weighted by Gasteiger charge is 2.16. The molecular formula is C23H26O3. The van der Waals surface area contributed by atoms with Gasteiger partial charge in [0.05, 0.1) is 0 Å². The molecule has 0 aliphatic heterocycles. The van der Waals surface area contributed by atoms with Gasteiger partial charge >= 0.3 is 5.63 Å². The van der Waals surface area contributed by atoms with Crippen molar-refractivity contribution in [2.75, 3.05) is 0 Å². The lowest BCUT2D eigenvalue weighted by atomic mass is 10.0. The zero-order valence-electron chi connectivity index (χ0n) is 16.1. The molecule has 0 fully saturated rings. The van der Waals surface area contributed by atoms with Crippen molar-refractivity contribution in [1.29, 1.82) is 0 Å². The third kappa shape index (κ3) is 5.03. The first-order valence-electron chi connectivity index (χ1n) is 8.97. The van der Waals surface area contributed by atoms with Crippen molar-refractivity contribution in [3.05, 3.63) is 87.8 Å². The molecule has 0 spiro atoms. The molecule has 2 aromatic carbocycles. The maximum atomic E-state index is 12.4. The molecule has 0 aliphatic rings. The van der Waals surface area contributed by atoms with E-state index in [1.165, 1.54) is 6.08 Å². The summed E-state index contributed by atoms with van der Waals surface area (Å²) in [5.74, 6) is -0.346. The number of para-hydroxylation sites is 1. The van der Waals surface area contributed by atoms with Gasteiger partial charge in [0.1, 0.15) is 11.1 Å². The van der Waals surface area contributed by atoms with E-state index in [2.05, 4.69) is 0 Å². The van der Waals surface area contributed by atoms with Gasteiger partial charge in [-0.3, -0.25) is 4.79 Å². The molecule has 0 saturated heterocycles. The van der Waals surface area contributed by atoms with Gasteiger partial charge in [0, 0.05) is 5.39 Å². The highest BCUT2D eigenvalue weighted by Crippen LogP contribution is 2.19. The number of hydrogen-bond donors (Lipinski definition) is 0. The number of carbonyl (C=O) groups excluding carboxylic acids is 1. The van der Waals surface area contributed by atoms with Gasteiger partial charge in [-0.15, -0.1) is 0 Å². The van der Waals surface area contributed by atoms with Crippen molar-refractivity contribution < 1.29 is 9.21 Å². The average molecular weight is 350 g/mol. The molecule has 3 nitrogen and oxygen atoms in total. The predicted octanol–water partition coefficient (Wildman–Crippen LogP) is 6.05. The Balaban J connectivity index is 0.000000791. The lowest BCUT2D eigenvalue weighted by Gasteiger charge is -2.04. The third-order valence-electron chi connectivity index (χ3n) is 3.55. The number of allylic oxidation sites excluding steroid dienone is 1. The van der Waals surface area contributed by atoms with Crippen LogP contribution in [0.5, 0.6) is 0 Å². The first kappa shape index (κ1) is 21.1. The lowest BCUT2D eigenvalue weighted by Crippen LogP contribution is -2.14. The zero-order valence-corrected chi connectivity index (χ0v) is 16.1. The van der Waals surface area contributed by atoms with Crippen LogP contribution in [0.3, 0.4) is 0 Å². The summed E-state index contributed by atoms with van der Waals surface area (Å²) in [7, 11) is 0. The van der Waals surface area contributed by atoms with Crippen LogP contribution in [0.4, 0.5) is 0 Å². The zero-order chi connectivity index (χ0) is 19.5. The second-order valence-corrected chi connectivity index (χ2v) is 4.99. The summed E-state index contributed by atoms with van der Waals surface area (Å²) in [6.07, 6.45) is 3.10. The van der Waals surface area contributed by atoms with Crippen LogP contribution in [0.2, 0.25) is 0 Å². The highest BCUT2D eigenvalue weighted by molar-refractivity contribution is 6.09. The van der Waals surface area contributed by atoms with Crippen molar-refractivity contribution in [1.82, 2.24) is 0 Å². The minimum atomic E-state index is -0.598. The van der Waals surface area contributed by atoms with E-state index in [1.54, 1.807) is 25.1 Å². The summed E-state index contributed by atoms with van der Waals surface area (Å²) in [5, 5.41) is 0.776. The fraction of sp³-hybridized carbons (Fsp3) is 0.217. The number of hydrogen-bond acceptors (Lipinski definition) is 3. The Hall–Kier alpha value is -2.94. The van der Waals surface area contributed by atoms with E-state index >= 15 is 0 Å². The van der Waals surface area contributed by atoms with Gasteiger partial charge in [-0.2, -0.15) is 0 Å². The maximum absolute atomic E-state index is 12.4.